The molecule has 1 fully saturated rings. The molecule has 0 radical (unpaired) electrons. The first-order valence-electron chi connectivity index (χ1n) is 8.86. The first kappa shape index (κ1) is 16.4. The number of hydrogen-bond donors (Lipinski definition) is 0. The molecule has 2 aliphatic rings. The number of fused-ring (bicyclic) bond motifs is 3. The molecule has 1 heterocycles. The Morgan fingerprint density at radius 1 is 1.12 bits per heavy atom. The topological polar surface area (TPSA) is 21.7 Å². The molecule has 4 heteroatoms. The molecule has 132 valence electrons. The first-order chi connectivity index (χ1) is 12.2. The highest BCUT2D eigenvalue weighted by Crippen LogP contribution is 2.58. The van der Waals surface area contributed by atoms with Crippen molar-refractivity contribution in [3.8, 4) is 11.5 Å². The average molecular weight is 341 g/mol. The SMILES string of the molecule is COc1ccc2c(c1OC)C(c1cccc(F)c1)C1CCCN(C)C21. The van der Waals surface area contributed by atoms with Crippen LogP contribution in [0.3, 0.4) is 0 Å². The van der Waals surface area contributed by atoms with Gasteiger partial charge in [-0.3, -0.25) is 4.90 Å². The van der Waals surface area contributed by atoms with Crippen molar-refractivity contribution < 1.29 is 13.9 Å². The summed E-state index contributed by atoms with van der Waals surface area (Å²) in [5.41, 5.74) is 3.48. The van der Waals surface area contributed by atoms with Crippen LogP contribution in [0.5, 0.6) is 11.5 Å². The predicted octanol–water partition coefficient (Wildman–Crippen LogP) is 4.37. The number of halogens is 1. The zero-order chi connectivity index (χ0) is 17.6. The molecule has 3 unspecified atom stereocenters. The lowest BCUT2D eigenvalue weighted by atomic mass is 9.80. The summed E-state index contributed by atoms with van der Waals surface area (Å²) in [4.78, 5) is 2.43. The van der Waals surface area contributed by atoms with Crippen LogP contribution in [0.15, 0.2) is 36.4 Å². The molecule has 0 amide bonds. The molecule has 2 aromatic carbocycles. The fourth-order valence-electron chi connectivity index (χ4n) is 4.89. The van der Waals surface area contributed by atoms with Gasteiger partial charge in [0, 0.05) is 17.5 Å². The molecule has 3 atom stereocenters. The Morgan fingerprint density at radius 2 is 1.96 bits per heavy atom. The third-order valence-corrected chi connectivity index (χ3v) is 5.81. The van der Waals surface area contributed by atoms with E-state index in [1.165, 1.54) is 11.6 Å². The number of ether oxygens (including phenoxy) is 2. The van der Waals surface area contributed by atoms with Crippen molar-refractivity contribution in [2.75, 3.05) is 27.8 Å². The van der Waals surface area contributed by atoms with Gasteiger partial charge in [0.2, 0.25) is 0 Å². The van der Waals surface area contributed by atoms with Gasteiger partial charge in [0.15, 0.2) is 11.5 Å². The maximum Gasteiger partial charge on any atom is 0.164 e. The lowest BCUT2D eigenvalue weighted by molar-refractivity contribution is 0.126. The highest BCUT2D eigenvalue weighted by atomic mass is 19.1. The van der Waals surface area contributed by atoms with E-state index in [-0.39, 0.29) is 11.7 Å². The van der Waals surface area contributed by atoms with Gasteiger partial charge in [-0.2, -0.15) is 0 Å². The van der Waals surface area contributed by atoms with Gasteiger partial charge in [-0.15, -0.1) is 0 Å². The Balaban J connectivity index is 1.95. The largest absolute Gasteiger partial charge is 0.493 e. The van der Waals surface area contributed by atoms with Crippen LogP contribution >= 0.6 is 0 Å². The molecule has 0 N–H and O–H groups in total. The van der Waals surface area contributed by atoms with E-state index < -0.39 is 0 Å². The van der Waals surface area contributed by atoms with Gasteiger partial charge in [-0.1, -0.05) is 18.2 Å². The fourth-order valence-corrected chi connectivity index (χ4v) is 4.89. The van der Waals surface area contributed by atoms with E-state index in [1.54, 1.807) is 26.4 Å². The summed E-state index contributed by atoms with van der Waals surface area (Å²) in [5.74, 6) is 1.90. The van der Waals surface area contributed by atoms with Crippen molar-refractivity contribution in [1.29, 1.82) is 0 Å². The van der Waals surface area contributed by atoms with Gasteiger partial charge >= 0.3 is 0 Å². The van der Waals surface area contributed by atoms with Crippen molar-refractivity contribution in [1.82, 2.24) is 4.90 Å². The lowest BCUT2D eigenvalue weighted by Crippen LogP contribution is -2.34. The van der Waals surface area contributed by atoms with E-state index in [9.17, 15) is 4.39 Å². The summed E-state index contributed by atoms with van der Waals surface area (Å²) >= 11 is 0. The smallest absolute Gasteiger partial charge is 0.164 e. The number of methoxy groups -OCH3 is 2. The molecule has 1 saturated heterocycles. The number of nitrogens with zero attached hydrogens (tertiary/aromatic N) is 1. The highest BCUT2D eigenvalue weighted by Gasteiger charge is 2.47. The van der Waals surface area contributed by atoms with Gasteiger partial charge in [-0.05, 0) is 61.7 Å². The van der Waals surface area contributed by atoms with Crippen LogP contribution in [0.2, 0.25) is 0 Å². The Hall–Kier alpha value is -2.07. The molecule has 0 saturated carbocycles. The van der Waals surface area contributed by atoms with Gasteiger partial charge in [0.25, 0.3) is 0 Å². The van der Waals surface area contributed by atoms with Crippen molar-refractivity contribution in [3.05, 3.63) is 58.9 Å². The summed E-state index contributed by atoms with van der Waals surface area (Å²) in [6.45, 7) is 1.09. The Kier molecular flexibility index (Phi) is 4.16. The summed E-state index contributed by atoms with van der Waals surface area (Å²) in [7, 11) is 5.54. The van der Waals surface area contributed by atoms with Gasteiger partial charge in [0.1, 0.15) is 5.82 Å². The monoisotopic (exact) mass is 341 g/mol. The molecule has 1 aliphatic carbocycles. The summed E-state index contributed by atoms with van der Waals surface area (Å²) in [6, 6.07) is 11.5. The first-order valence-corrected chi connectivity index (χ1v) is 8.86. The highest BCUT2D eigenvalue weighted by molar-refractivity contribution is 5.59. The number of benzene rings is 2. The maximum absolute atomic E-state index is 14.0. The quantitative estimate of drug-likeness (QED) is 0.827. The minimum atomic E-state index is -0.187. The Bertz CT molecular complexity index is 791. The predicted molar refractivity (Wildman–Crippen MR) is 95.9 cm³/mol. The zero-order valence-electron chi connectivity index (χ0n) is 15.0. The van der Waals surface area contributed by atoms with Crippen LogP contribution < -0.4 is 9.47 Å². The van der Waals surface area contributed by atoms with Crippen LogP contribution in [0.1, 0.15) is 41.5 Å². The number of hydrogen-bond acceptors (Lipinski definition) is 3. The Labute approximate surface area is 148 Å². The van der Waals surface area contributed by atoms with E-state index in [2.05, 4.69) is 18.0 Å². The van der Waals surface area contributed by atoms with E-state index in [4.69, 9.17) is 9.47 Å². The second-order valence-electron chi connectivity index (χ2n) is 7.07. The molecule has 0 aromatic heterocycles. The minimum Gasteiger partial charge on any atom is -0.493 e. The number of rotatable bonds is 3. The normalized spacial score (nSPS) is 25.4. The molecular weight excluding hydrogens is 317 g/mol. The fraction of sp³-hybridized carbons (Fsp3) is 0.429. The van der Waals surface area contributed by atoms with Crippen molar-refractivity contribution in [2.45, 2.75) is 24.8 Å². The third kappa shape index (κ3) is 2.51. The molecular formula is C21H24FNO2. The van der Waals surface area contributed by atoms with E-state index >= 15 is 0 Å². The third-order valence-electron chi connectivity index (χ3n) is 5.81. The van der Waals surface area contributed by atoms with Crippen LogP contribution in [0.4, 0.5) is 4.39 Å². The molecule has 3 nitrogen and oxygen atoms in total. The van der Waals surface area contributed by atoms with E-state index in [0.29, 0.717) is 12.0 Å². The maximum atomic E-state index is 14.0. The second-order valence-corrected chi connectivity index (χ2v) is 7.07. The second kappa shape index (κ2) is 6.34. The summed E-state index contributed by atoms with van der Waals surface area (Å²) in [5, 5.41) is 0. The summed E-state index contributed by atoms with van der Waals surface area (Å²) in [6.07, 6.45) is 2.30. The van der Waals surface area contributed by atoms with Crippen LogP contribution in [0.25, 0.3) is 0 Å². The Morgan fingerprint density at radius 3 is 2.68 bits per heavy atom. The molecule has 0 spiro atoms. The van der Waals surface area contributed by atoms with Crippen molar-refractivity contribution in [3.63, 3.8) is 0 Å². The molecule has 4 rings (SSSR count). The van der Waals surface area contributed by atoms with Crippen molar-refractivity contribution in [2.24, 2.45) is 5.92 Å². The van der Waals surface area contributed by atoms with E-state index in [1.807, 2.05) is 12.1 Å². The molecule has 2 aromatic rings. The molecule has 0 bridgehead atoms. The van der Waals surface area contributed by atoms with Crippen LogP contribution in [-0.4, -0.2) is 32.7 Å². The summed E-state index contributed by atoms with van der Waals surface area (Å²) < 4.78 is 25.3. The minimum absolute atomic E-state index is 0.128. The van der Waals surface area contributed by atoms with Crippen LogP contribution in [-0.2, 0) is 0 Å². The molecule has 25 heavy (non-hydrogen) atoms. The van der Waals surface area contributed by atoms with Gasteiger partial charge < -0.3 is 9.47 Å². The van der Waals surface area contributed by atoms with E-state index in [0.717, 1.165) is 42.0 Å². The van der Waals surface area contributed by atoms with Crippen molar-refractivity contribution >= 4 is 0 Å². The standard InChI is InChI=1S/C21H24FNO2/c1-23-11-5-8-15-18(13-6-4-7-14(22)12-13)19-16(20(15)23)9-10-17(24-2)21(19)25-3/h4,6-7,9-10,12,15,18,20H,5,8,11H2,1-3H3. The number of likely N-dealkylation sites (tertiary alicyclic amines) is 1. The average Bonchev–Trinajstić information content (AvgIpc) is 2.96. The van der Waals surface area contributed by atoms with Crippen LogP contribution in [0, 0.1) is 11.7 Å². The zero-order valence-corrected chi connectivity index (χ0v) is 15.0. The van der Waals surface area contributed by atoms with Gasteiger partial charge in [-0.25, -0.2) is 4.39 Å². The number of piperidine rings is 1. The molecule has 1 aliphatic heterocycles. The van der Waals surface area contributed by atoms with Gasteiger partial charge in [0.05, 0.1) is 14.2 Å². The lowest BCUT2D eigenvalue weighted by Gasteiger charge is -2.37.